The van der Waals surface area contributed by atoms with E-state index in [1.165, 1.54) is 0 Å². The van der Waals surface area contributed by atoms with E-state index >= 15 is 0 Å². The fraction of sp³-hybridized carbons (Fsp3) is 0.500. The second-order valence-corrected chi connectivity index (χ2v) is 10.5. The van der Waals surface area contributed by atoms with Crippen LogP contribution in [0.4, 0.5) is 11.6 Å². The predicted molar refractivity (Wildman–Crippen MR) is 124 cm³/mol. The highest BCUT2D eigenvalue weighted by molar-refractivity contribution is 7.92. The van der Waals surface area contributed by atoms with E-state index in [0.717, 1.165) is 47.6 Å². The molecular weight excluding hydrogens is 412 g/mol. The zero-order valence-corrected chi connectivity index (χ0v) is 18.7. The van der Waals surface area contributed by atoms with Crippen LogP contribution in [0.25, 0.3) is 22.4 Å². The molecule has 9 heteroatoms. The van der Waals surface area contributed by atoms with Gasteiger partial charge < -0.3 is 24.5 Å². The minimum atomic E-state index is -0.794. The summed E-state index contributed by atoms with van der Waals surface area (Å²) in [5.41, 5.74) is 1.75. The first-order valence-electron chi connectivity index (χ1n) is 10.9. The van der Waals surface area contributed by atoms with Crippen LogP contribution in [0.15, 0.2) is 30.6 Å². The van der Waals surface area contributed by atoms with E-state index in [2.05, 4.69) is 27.1 Å². The molecule has 1 aliphatic carbocycles. The highest BCUT2D eigenvalue weighted by Crippen LogP contribution is 2.32. The van der Waals surface area contributed by atoms with Crippen molar-refractivity contribution in [2.24, 2.45) is 0 Å². The zero-order valence-electron chi connectivity index (χ0n) is 17.9. The number of ether oxygens (including phenoxy) is 1. The molecule has 164 valence electrons. The maximum absolute atomic E-state index is 12.5. The first-order chi connectivity index (χ1) is 15.1. The fourth-order valence-corrected chi connectivity index (χ4v) is 5.48. The minimum Gasteiger partial charge on any atom is -0.616 e. The molecule has 0 aromatic carbocycles. The Morgan fingerprint density at radius 3 is 3.03 bits per heavy atom. The average molecular weight is 441 g/mol. The number of morpholine rings is 1. The van der Waals surface area contributed by atoms with Gasteiger partial charge in [0, 0.05) is 36.0 Å². The number of aromatic nitrogens is 4. The van der Waals surface area contributed by atoms with Crippen LogP contribution in [-0.2, 0) is 15.9 Å². The monoisotopic (exact) mass is 440 g/mol. The minimum absolute atomic E-state index is 0.0778. The number of H-pyrrole nitrogens is 1. The molecule has 3 aromatic heterocycles. The zero-order chi connectivity index (χ0) is 21.4. The van der Waals surface area contributed by atoms with Crippen molar-refractivity contribution >= 4 is 33.8 Å². The summed E-state index contributed by atoms with van der Waals surface area (Å²) in [5, 5.41) is 4.87. The lowest BCUT2D eigenvalue weighted by Gasteiger charge is -2.34. The molecule has 5 rings (SSSR count). The lowest BCUT2D eigenvalue weighted by Crippen LogP contribution is -2.44. The van der Waals surface area contributed by atoms with Gasteiger partial charge in [-0.05, 0) is 50.0 Å². The number of nitrogens with one attached hydrogen (secondary N) is 2. The van der Waals surface area contributed by atoms with Gasteiger partial charge in [0.05, 0.1) is 25.8 Å². The molecule has 2 fully saturated rings. The Bertz CT molecular complexity index is 1060. The number of hydrogen-bond acceptors (Lipinski definition) is 7. The molecule has 8 nitrogen and oxygen atoms in total. The molecule has 1 saturated heterocycles. The molecule has 2 N–H and O–H groups in total. The molecule has 2 aliphatic rings. The van der Waals surface area contributed by atoms with Gasteiger partial charge in [-0.25, -0.2) is 15.0 Å². The topological polar surface area (TPSA) is 102 Å². The molecule has 3 atom stereocenters. The Hall–Kier alpha value is -2.36. The van der Waals surface area contributed by atoms with Crippen LogP contribution in [0.3, 0.4) is 0 Å². The summed E-state index contributed by atoms with van der Waals surface area (Å²) in [5.74, 6) is 2.28. The largest absolute Gasteiger partial charge is 0.616 e. The number of anilines is 2. The van der Waals surface area contributed by atoms with Gasteiger partial charge in [0.1, 0.15) is 27.8 Å². The molecule has 1 unspecified atom stereocenters. The smallest absolute Gasteiger partial charge is 0.164 e. The normalized spacial score (nSPS) is 21.3. The summed E-state index contributed by atoms with van der Waals surface area (Å²) in [6.07, 6.45) is 5.82. The Kier molecular flexibility index (Phi) is 5.73. The molecular formula is C22H28N6O2S. The van der Waals surface area contributed by atoms with Crippen molar-refractivity contribution in [1.82, 2.24) is 19.9 Å². The van der Waals surface area contributed by atoms with Gasteiger partial charge in [-0.1, -0.05) is 0 Å². The Morgan fingerprint density at radius 2 is 2.23 bits per heavy atom. The summed E-state index contributed by atoms with van der Waals surface area (Å²) in [6.45, 7) is 6.95. The highest BCUT2D eigenvalue weighted by Gasteiger charge is 2.37. The van der Waals surface area contributed by atoms with Crippen LogP contribution in [-0.4, -0.2) is 67.3 Å². The number of aromatic amines is 1. The van der Waals surface area contributed by atoms with Gasteiger partial charge >= 0.3 is 0 Å². The number of rotatable bonds is 7. The Labute approximate surface area is 185 Å². The van der Waals surface area contributed by atoms with Gasteiger partial charge in [0.2, 0.25) is 0 Å². The van der Waals surface area contributed by atoms with Gasteiger partial charge in [-0.15, -0.1) is 0 Å². The molecule has 0 amide bonds. The second kappa shape index (κ2) is 8.64. The maximum Gasteiger partial charge on any atom is 0.164 e. The summed E-state index contributed by atoms with van der Waals surface area (Å²) < 4.78 is 18.1. The molecule has 31 heavy (non-hydrogen) atoms. The molecule has 1 aliphatic heterocycles. The third-order valence-corrected chi connectivity index (χ3v) is 7.98. The fourth-order valence-electron chi connectivity index (χ4n) is 3.98. The van der Waals surface area contributed by atoms with E-state index in [0.29, 0.717) is 30.8 Å². The SMILES string of the molecule is C[C@@H]1COCCN1c1cc(NC[C@@H](C)[S+]([O-])C2CC2)nc(-c2ccnc3[nH]ccc23)n1. The molecule has 3 aromatic rings. The van der Waals surface area contributed by atoms with Gasteiger partial charge in [0.25, 0.3) is 0 Å². The molecule has 0 radical (unpaired) electrons. The van der Waals surface area contributed by atoms with Crippen molar-refractivity contribution in [2.75, 3.05) is 36.5 Å². The van der Waals surface area contributed by atoms with Crippen LogP contribution >= 0.6 is 0 Å². The van der Waals surface area contributed by atoms with Crippen molar-refractivity contribution < 1.29 is 9.29 Å². The number of nitrogens with zero attached hydrogens (tertiary/aromatic N) is 4. The van der Waals surface area contributed by atoms with Crippen LogP contribution in [0.1, 0.15) is 26.7 Å². The average Bonchev–Trinajstić information content (AvgIpc) is 3.53. The molecule has 4 heterocycles. The van der Waals surface area contributed by atoms with Crippen molar-refractivity contribution in [1.29, 1.82) is 0 Å². The highest BCUT2D eigenvalue weighted by atomic mass is 32.2. The van der Waals surface area contributed by atoms with Gasteiger partial charge in [-0.2, -0.15) is 0 Å². The second-order valence-electron chi connectivity index (χ2n) is 8.37. The van der Waals surface area contributed by atoms with E-state index in [4.69, 9.17) is 14.7 Å². The van der Waals surface area contributed by atoms with Crippen LogP contribution in [0, 0.1) is 0 Å². The quantitative estimate of drug-likeness (QED) is 0.545. The van der Waals surface area contributed by atoms with Gasteiger partial charge in [-0.3, -0.25) is 0 Å². The number of hydrogen-bond donors (Lipinski definition) is 2. The lowest BCUT2D eigenvalue weighted by molar-refractivity contribution is 0.0985. The van der Waals surface area contributed by atoms with E-state index in [1.807, 2.05) is 31.3 Å². The third kappa shape index (κ3) is 4.35. The number of pyridine rings is 1. The lowest BCUT2D eigenvalue weighted by atomic mass is 10.1. The van der Waals surface area contributed by atoms with Crippen molar-refractivity contribution in [3.8, 4) is 11.4 Å². The predicted octanol–water partition coefficient (Wildman–Crippen LogP) is 2.96. The first kappa shape index (κ1) is 20.5. The molecule has 1 saturated carbocycles. The van der Waals surface area contributed by atoms with Crippen LogP contribution in [0.2, 0.25) is 0 Å². The van der Waals surface area contributed by atoms with Crippen molar-refractivity contribution in [3.63, 3.8) is 0 Å². The Balaban J connectivity index is 1.48. The van der Waals surface area contributed by atoms with E-state index in [1.54, 1.807) is 6.20 Å². The van der Waals surface area contributed by atoms with E-state index < -0.39 is 11.2 Å². The Morgan fingerprint density at radius 1 is 1.35 bits per heavy atom. The van der Waals surface area contributed by atoms with E-state index in [9.17, 15) is 4.55 Å². The van der Waals surface area contributed by atoms with Gasteiger partial charge in [0.15, 0.2) is 5.82 Å². The first-order valence-corrected chi connectivity index (χ1v) is 12.2. The number of fused-ring (bicyclic) bond motifs is 1. The summed E-state index contributed by atoms with van der Waals surface area (Å²) in [7, 11) is 0. The van der Waals surface area contributed by atoms with Crippen LogP contribution < -0.4 is 10.2 Å². The molecule has 0 bridgehead atoms. The van der Waals surface area contributed by atoms with E-state index in [-0.39, 0.29) is 11.3 Å². The van der Waals surface area contributed by atoms with Crippen molar-refractivity contribution in [3.05, 3.63) is 30.6 Å². The summed E-state index contributed by atoms with van der Waals surface area (Å²) in [4.78, 5) is 19.6. The van der Waals surface area contributed by atoms with Crippen molar-refractivity contribution in [2.45, 2.75) is 43.2 Å². The standard InChI is InChI=1S/C22H28N6O2S/c1-14-13-30-10-9-28(14)20-11-19(25-12-15(2)31(29)16-3-4-16)26-22(27-20)18-6-8-24-21-17(18)5-7-23-21/h5-8,11,14-16H,3-4,9-10,12-13H2,1-2H3,(H,23,24)(H,25,26,27)/t14-,15-,31?/m1/s1. The maximum atomic E-state index is 12.5. The molecule has 0 spiro atoms. The van der Waals surface area contributed by atoms with Crippen LogP contribution in [0.5, 0.6) is 0 Å². The third-order valence-electron chi connectivity index (χ3n) is 5.90. The summed E-state index contributed by atoms with van der Waals surface area (Å²) in [6, 6.07) is 6.18. The summed E-state index contributed by atoms with van der Waals surface area (Å²) >= 11 is -0.794.